The van der Waals surface area contributed by atoms with Crippen LogP contribution in [0.5, 0.6) is 0 Å². The summed E-state index contributed by atoms with van der Waals surface area (Å²) in [6.07, 6.45) is -0.456. The Labute approximate surface area is 272 Å². The Morgan fingerprint density at radius 1 is 0.702 bits per heavy atom. The van der Waals surface area contributed by atoms with Crippen LogP contribution >= 0.6 is 0 Å². The molecule has 242 valence electrons. The van der Waals surface area contributed by atoms with Gasteiger partial charge in [-0.25, -0.2) is 9.59 Å². The molecule has 10 N–H and O–H groups in total. The number of alkyl carbamates (subject to hydrolysis) is 1. The number of hydrogen-bond donors (Lipinski definition) is 9. The molecule has 0 radical (unpaired) electrons. The molecule has 0 heterocycles. The molecule has 0 aliphatic heterocycles. The largest absolute Gasteiger partial charge is 0.488 e. The van der Waals surface area contributed by atoms with Gasteiger partial charge >= 0.3 is 33.4 Å². The molecule has 1 amide bonds. The van der Waals surface area contributed by atoms with E-state index in [2.05, 4.69) is 5.32 Å². The van der Waals surface area contributed by atoms with Gasteiger partial charge in [0, 0.05) is 18.3 Å². The molecule has 1 aliphatic rings. The van der Waals surface area contributed by atoms with E-state index in [0.29, 0.717) is 22.9 Å². The van der Waals surface area contributed by atoms with Gasteiger partial charge in [-0.05, 0) is 50.7 Å². The summed E-state index contributed by atoms with van der Waals surface area (Å²) in [6.45, 7) is 0.0925. The van der Waals surface area contributed by atoms with Crippen LogP contribution in [0, 0.1) is 0 Å². The highest BCUT2D eigenvalue weighted by molar-refractivity contribution is 6.58. The molecule has 47 heavy (non-hydrogen) atoms. The number of hydrogen-bond acceptors (Lipinski definition) is 10. The Morgan fingerprint density at radius 3 is 1.57 bits per heavy atom. The Morgan fingerprint density at radius 2 is 1.15 bits per heavy atom. The van der Waals surface area contributed by atoms with Gasteiger partial charge in [0.1, 0.15) is 12.6 Å². The number of carbonyl (C=O) groups excluding carboxylic acids is 1. The summed E-state index contributed by atoms with van der Waals surface area (Å²) in [5.41, 5.74) is 11.9. The maximum atomic E-state index is 12.4. The van der Waals surface area contributed by atoms with Gasteiger partial charge in [0.2, 0.25) is 0 Å². The van der Waals surface area contributed by atoms with Crippen molar-refractivity contribution in [3.63, 3.8) is 0 Å². The molecule has 15 heteroatoms. The van der Waals surface area contributed by atoms with E-state index in [1.807, 2.05) is 48.5 Å². The van der Waals surface area contributed by atoms with Gasteiger partial charge in [-0.1, -0.05) is 97.1 Å². The number of ether oxygens (including phenoxy) is 1. The van der Waals surface area contributed by atoms with E-state index in [1.54, 1.807) is 36.4 Å². The number of fused-ring (bicyclic) bond motifs is 3. The summed E-state index contributed by atoms with van der Waals surface area (Å²) >= 11 is 0. The monoisotopic (exact) mass is 640 g/mol. The van der Waals surface area contributed by atoms with Gasteiger partial charge in [-0.3, -0.25) is 0 Å². The minimum atomic E-state index is -1.60. The second-order valence-electron chi connectivity index (χ2n) is 11.1. The molecule has 2 atom stereocenters. The molecule has 4 aromatic carbocycles. The molecule has 0 spiro atoms. The highest BCUT2D eigenvalue weighted by Gasteiger charge is 2.30. The third-order valence-corrected chi connectivity index (χ3v) is 7.78. The molecule has 0 aromatic heterocycles. The molecule has 0 bridgehead atoms. The molecule has 0 unspecified atom stereocenters. The van der Waals surface area contributed by atoms with Gasteiger partial charge in [0.15, 0.2) is 0 Å². The number of nitrogens with one attached hydrogen (secondary N) is 1. The van der Waals surface area contributed by atoms with E-state index < -0.39 is 45.4 Å². The average molecular weight is 640 g/mol. The van der Waals surface area contributed by atoms with Crippen LogP contribution in [0.2, 0.25) is 0 Å². The average Bonchev–Trinajstić information content (AvgIpc) is 3.37. The zero-order chi connectivity index (χ0) is 34.1. The molecule has 12 nitrogen and oxygen atoms in total. The van der Waals surface area contributed by atoms with E-state index >= 15 is 0 Å². The normalized spacial score (nSPS) is 12.8. The van der Waals surface area contributed by atoms with Crippen molar-refractivity contribution in [1.82, 2.24) is 5.32 Å². The third-order valence-electron chi connectivity index (χ3n) is 7.78. The maximum Gasteiger partial charge on any atom is 0.488 e. The number of benzene rings is 4. The lowest BCUT2D eigenvalue weighted by molar-refractivity contribution is -0.139. The van der Waals surface area contributed by atoms with Crippen LogP contribution in [0.15, 0.2) is 97.1 Å². The Hall–Kier alpha value is -4.47. The molecule has 1 aliphatic carbocycles. The van der Waals surface area contributed by atoms with Crippen molar-refractivity contribution in [2.45, 2.75) is 30.7 Å². The number of carboxylic acids is 1. The molecule has 5 rings (SSSR count). The van der Waals surface area contributed by atoms with E-state index in [4.69, 9.17) is 40.6 Å². The van der Waals surface area contributed by atoms with E-state index in [-0.39, 0.29) is 18.9 Å². The van der Waals surface area contributed by atoms with Crippen molar-refractivity contribution >= 4 is 44.3 Å². The minimum absolute atomic E-state index is 0.0291. The second kappa shape index (κ2) is 16.4. The maximum absolute atomic E-state index is 12.4. The predicted molar refractivity (Wildman–Crippen MR) is 178 cm³/mol. The highest BCUT2D eigenvalue weighted by Crippen LogP contribution is 2.44. The van der Waals surface area contributed by atoms with Crippen molar-refractivity contribution in [2.75, 3.05) is 6.61 Å². The highest BCUT2D eigenvalue weighted by atomic mass is 16.5. The molecule has 0 saturated carbocycles. The van der Waals surface area contributed by atoms with Gasteiger partial charge < -0.3 is 51.0 Å². The molecule has 0 saturated heterocycles. The molecule has 4 aromatic rings. The number of amides is 1. The predicted octanol–water partition coefficient (Wildman–Crippen LogP) is -0.851. The Kier molecular flexibility index (Phi) is 12.3. The summed E-state index contributed by atoms with van der Waals surface area (Å²) in [5.74, 6) is -2.05. The fourth-order valence-corrected chi connectivity index (χ4v) is 5.25. The van der Waals surface area contributed by atoms with Crippen LogP contribution in [0.3, 0.4) is 0 Å². The topological polar surface area (TPSA) is 223 Å². The zero-order valence-corrected chi connectivity index (χ0v) is 25.3. The van der Waals surface area contributed by atoms with E-state index in [1.165, 1.54) is 12.1 Å². The lowest BCUT2D eigenvalue weighted by Gasteiger charge is -2.17. The van der Waals surface area contributed by atoms with E-state index in [9.17, 15) is 14.7 Å². The SMILES string of the molecule is N[C@@H](Cc1ccc(B(O)O)cc1)B(O)O.O=C(N[C@@H](Cc1ccc(B(O)O)cc1)C(=O)O)OCC1c2ccccc2-c2ccccc21. The van der Waals surface area contributed by atoms with Crippen molar-refractivity contribution in [2.24, 2.45) is 5.73 Å². The first-order valence-electron chi connectivity index (χ1n) is 14.8. The minimum Gasteiger partial charge on any atom is -0.480 e. The second-order valence-corrected chi connectivity index (χ2v) is 11.1. The molecular weight excluding hydrogens is 605 g/mol. The number of carbonyl (C=O) groups is 2. The van der Waals surface area contributed by atoms with Crippen molar-refractivity contribution < 1.29 is 49.6 Å². The summed E-state index contributed by atoms with van der Waals surface area (Å²) in [5, 5.41) is 65.5. The quantitative estimate of drug-likeness (QED) is 0.0919. The first-order valence-corrected chi connectivity index (χ1v) is 14.8. The Bertz CT molecular complexity index is 1590. The fraction of sp³-hybridized carbons (Fsp3) is 0.188. The summed E-state index contributed by atoms with van der Waals surface area (Å²) < 4.78 is 5.43. The first kappa shape index (κ1) is 35.4. The number of aliphatic carboxylic acids is 1. The Balaban J connectivity index is 0.000000280. The smallest absolute Gasteiger partial charge is 0.480 e. The van der Waals surface area contributed by atoms with Crippen LogP contribution in [0.25, 0.3) is 11.1 Å². The fourth-order valence-electron chi connectivity index (χ4n) is 5.25. The molecular formula is C32H35B3N2O10. The summed E-state index contributed by atoms with van der Waals surface area (Å²) in [7, 11) is -4.64. The van der Waals surface area contributed by atoms with Crippen LogP contribution in [0.1, 0.15) is 28.2 Å². The van der Waals surface area contributed by atoms with Gasteiger partial charge in [0.25, 0.3) is 0 Å². The van der Waals surface area contributed by atoms with Crippen LogP contribution in [0.4, 0.5) is 4.79 Å². The lowest BCUT2D eigenvalue weighted by atomic mass is 9.75. The zero-order valence-electron chi connectivity index (χ0n) is 25.3. The van der Waals surface area contributed by atoms with Gasteiger partial charge in [-0.2, -0.15) is 0 Å². The van der Waals surface area contributed by atoms with E-state index in [0.717, 1.165) is 27.8 Å². The van der Waals surface area contributed by atoms with Crippen molar-refractivity contribution in [1.29, 1.82) is 0 Å². The van der Waals surface area contributed by atoms with Crippen molar-refractivity contribution in [3.05, 3.63) is 119 Å². The van der Waals surface area contributed by atoms with Crippen LogP contribution in [-0.2, 0) is 22.4 Å². The van der Waals surface area contributed by atoms with Crippen molar-refractivity contribution in [3.8, 4) is 11.1 Å². The molecule has 0 fully saturated rings. The number of rotatable bonds is 11. The first-order chi connectivity index (χ1) is 22.4. The lowest BCUT2D eigenvalue weighted by Crippen LogP contribution is -2.43. The number of carboxylic acid groups (broad SMARTS) is 1. The van der Waals surface area contributed by atoms with Crippen LogP contribution in [-0.4, -0.2) is 87.3 Å². The van der Waals surface area contributed by atoms with Gasteiger partial charge in [0.05, 0.1) is 0 Å². The standard InChI is InChI=1S/C24H22BNO6.C8H13B2NO4/c27-23(28)22(13-15-9-11-16(12-10-15)25(30)31)26-24(29)32-14-21-19-7-3-1-5-17(19)18-6-2-4-8-20(18)21;11-8(10(14)15)5-6-1-3-7(4-2-6)9(12)13/h1-12,21-22,30-31H,13-14H2,(H,26,29)(H,27,28);1-4,8,12-15H,5,11H2/t22-;8-/m00/s1. The van der Waals surface area contributed by atoms with Crippen LogP contribution < -0.4 is 22.0 Å². The summed E-state index contributed by atoms with van der Waals surface area (Å²) in [4.78, 5) is 24.1. The number of nitrogens with two attached hydrogens (primary N) is 1. The van der Waals surface area contributed by atoms with Gasteiger partial charge in [-0.15, -0.1) is 0 Å². The summed E-state index contributed by atoms with van der Waals surface area (Å²) in [6, 6.07) is 27.3. The third kappa shape index (κ3) is 9.53.